The van der Waals surface area contributed by atoms with Crippen molar-refractivity contribution in [1.82, 2.24) is 4.98 Å². The summed E-state index contributed by atoms with van der Waals surface area (Å²) in [6.07, 6.45) is -1.02. The van der Waals surface area contributed by atoms with Crippen LogP contribution in [0.4, 0.5) is 0 Å². The van der Waals surface area contributed by atoms with E-state index in [9.17, 15) is 14.4 Å². The zero-order chi connectivity index (χ0) is 21.7. The molecule has 1 heterocycles. The molecule has 0 amide bonds. The maximum atomic E-state index is 12.8. The summed E-state index contributed by atoms with van der Waals surface area (Å²) in [5.74, 6) is -0.859. The summed E-state index contributed by atoms with van der Waals surface area (Å²) < 4.78 is 15.7. The van der Waals surface area contributed by atoms with E-state index in [0.717, 1.165) is 5.56 Å². The predicted octanol–water partition coefficient (Wildman–Crippen LogP) is 3.48. The number of methoxy groups -OCH3 is 1. The van der Waals surface area contributed by atoms with Crippen LogP contribution in [0.2, 0.25) is 0 Å². The summed E-state index contributed by atoms with van der Waals surface area (Å²) in [6.45, 7) is 8.73. The number of carbonyl (C=O) groups excluding carboxylic acids is 3. The lowest BCUT2D eigenvalue weighted by molar-refractivity contribution is -0.145. The molecule has 0 unspecified atom stereocenters. The van der Waals surface area contributed by atoms with Crippen molar-refractivity contribution in [2.45, 2.75) is 47.1 Å². The Labute approximate surface area is 170 Å². The van der Waals surface area contributed by atoms with Crippen LogP contribution < -0.4 is 4.74 Å². The van der Waals surface area contributed by atoms with Gasteiger partial charge in [-0.15, -0.1) is 0 Å². The van der Waals surface area contributed by atoms with Crippen molar-refractivity contribution in [2.75, 3.05) is 13.7 Å². The van der Waals surface area contributed by atoms with Crippen LogP contribution in [0.5, 0.6) is 5.75 Å². The Bertz CT molecular complexity index is 928. The first-order valence-electron chi connectivity index (χ1n) is 9.43. The van der Waals surface area contributed by atoms with Crippen molar-refractivity contribution in [2.24, 2.45) is 0 Å². The minimum Gasteiger partial charge on any atom is -0.496 e. The molecule has 0 aliphatic heterocycles. The molecule has 0 saturated heterocycles. The fourth-order valence-corrected chi connectivity index (χ4v) is 3.20. The second-order valence-corrected chi connectivity index (χ2v) is 6.83. The number of benzene rings is 1. The van der Waals surface area contributed by atoms with Crippen molar-refractivity contribution < 1.29 is 28.6 Å². The molecule has 0 aliphatic carbocycles. The fraction of sp³-hybridized carbons (Fsp3) is 0.409. The molecule has 2 rings (SSSR count). The number of esters is 2. The smallest absolute Gasteiger partial charge is 0.340 e. The standard InChI is InChI=1S/C22H27NO6/c1-7-28-22(26)19-13(3)20(23-14(19)4)21(25)15(5)29-18(24)11-16-10-12(2)8-9-17(16)27-6/h8-10,15,23H,7,11H2,1-6H3/t15-/m0/s1. The van der Waals surface area contributed by atoms with E-state index in [1.807, 2.05) is 19.1 Å². The number of ketones is 1. The maximum absolute atomic E-state index is 12.8. The van der Waals surface area contributed by atoms with Gasteiger partial charge in [-0.05, 0) is 46.2 Å². The number of nitrogens with one attached hydrogen (secondary N) is 1. The second-order valence-electron chi connectivity index (χ2n) is 6.83. The molecule has 29 heavy (non-hydrogen) atoms. The number of aromatic amines is 1. The fourth-order valence-electron chi connectivity index (χ4n) is 3.20. The normalized spacial score (nSPS) is 11.7. The highest BCUT2D eigenvalue weighted by Gasteiger charge is 2.27. The van der Waals surface area contributed by atoms with E-state index < -0.39 is 23.8 Å². The molecule has 2 aromatic rings. The number of ether oxygens (including phenoxy) is 3. The molecule has 0 radical (unpaired) electrons. The lowest BCUT2D eigenvalue weighted by atomic mass is 10.1. The zero-order valence-electron chi connectivity index (χ0n) is 17.7. The van der Waals surface area contributed by atoms with Gasteiger partial charge < -0.3 is 19.2 Å². The number of rotatable bonds is 8. The lowest BCUT2D eigenvalue weighted by Gasteiger charge is -2.14. The molecule has 0 aliphatic rings. The highest BCUT2D eigenvalue weighted by atomic mass is 16.5. The number of aromatic nitrogens is 1. The molecule has 1 N–H and O–H groups in total. The average molecular weight is 401 g/mol. The second kappa shape index (κ2) is 9.41. The Morgan fingerprint density at radius 1 is 1.14 bits per heavy atom. The predicted molar refractivity (Wildman–Crippen MR) is 108 cm³/mol. The van der Waals surface area contributed by atoms with Gasteiger partial charge >= 0.3 is 11.9 Å². The van der Waals surface area contributed by atoms with Gasteiger partial charge in [0, 0.05) is 11.3 Å². The maximum Gasteiger partial charge on any atom is 0.340 e. The van der Waals surface area contributed by atoms with Gasteiger partial charge in [0.05, 0.1) is 31.4 Å². The molecule has 7 heteroatoms. The number of hydrogen-bond acceptors (Lipinski definition) is 6. The summed E-state index contributed by atoms with van der Waals surface area (Å²) in [4.78, 5) is 40.2. The van der Waals surface area contributed by atoms with Crippen molar-refractivity contribution >= 4 is 17.7 Å². The molecule has 0 spiro atoms. The SMILES string of the molecule is CCOC(=O)c1c(C)[nH]c(C(=O)[C@H](C)OC(=O)Cc2cc(C)ccc2OC)c1C. The number of H-pyrrole nitrogens is 1. The van der Waals surface area contributed by atoms with Crippen LogP contribution in [0, 0.1) is 20.8 Å². The number of Topliss-reactive ketones (excluding diaryl/α,β-unsaturated/α-hetero) is 1. The van der Waals surface area contributed by atoms with E-state index in [1.165, 1.54) is 14.0 Å². The molecular weight excluding hydrogens is 374 g/mol. The summed E-state index contributed by atoms with van der Waals surface area (Å²) in [6, 6.07) is 5.52. The number of carbonyl (C=O) groups is 3. The van der Waals surface area contributed by atoms with E-state index in [2.05, 4.69) is 4.98 Å². The lowest BCUT2D eigenvalue weighted by Crippen LogP contribution is -2.26. The molecule has 156 valence electrons. The molecule has 0 saturated carbocycles. The Balaban J connectivity index is 2.13. The third-order valence-corrected chi connectivity index (χ3v) is 4.61. The van der Waals surface area contributed by atoms with Crippen LogP contribution in [0.1, 0.15) is 57.1 Å². The summed E-state index contributed by atoms with van der Waals surface area (Å²) in [5, 5.41) is 0. The monoisotopic (exact) mass is 401 g/mol. The van der Waals surface area contributed by atoms with Crippen molar-refractivity contribution in [3.63, 3.8) is 0 Å². The minimum absolute atomic E-state index is 0.0146. The van der Waals surface area contributed by atoms with Crippen LogP contribution in [0.25, 0.3) is 0 Å². The van der Waals surface area contributed by atoms with Gasteiger partial charge in [-0.25, -0.2) is 4.79 Å². The Kier molecular flexibility index (Phi) is 7.20. The molecule has 1 aromatic heterocycles. The molecule has 7 nitrogen and oxygen atoms in total. The van der Waals surface area contributed by atoms with Crippen molar-refractivity contribution in [3.05, 3.63) is 51.8 Å². The van der Waals surface area contributed by atoms with Crippen LogP contribution in [0.15, 0.2) is 18.2 Å². The minimum atomic E-state index is -1.01. The molecule has 0 bridgehead atoms. The Morgan fingerprint density at radius 2 is 1.83 bits per heavy atom. The highest BCUT2D eigenvalue weighted by Crippen LogP contribution is 2.23. The molecule has 1 aromatic carbocycles. The van der Waals surface area contributed by atoms with E-state index in [4.69, 9.17) is 14.2 Å². The van der Waals surface area contributed by atoms with Crippen LogP contribution >= 0.6 is 0 Å². The number of hydrogen-bond donors (Lipinski definition) is 1. The van der Waals surface area contributed by atoms with Gasteiger partial charge in [0.15, 0.2) is 6.10 Å². The molecular formula is C22H27NO6. The molecule has 0 fully saturated rings. The van der Waals surface area contributed by atoms with Crippen LogP contribution in [-0.4, -0.2) is 42.5 Å². The van der Waals surface area contributed by atoms with Gasteiger partial charge in [0.2, 0.25) is 5.78 Å². The highest BCUT2D eigenvalue weighted by molar-refractivity contribution is 6.04. The van der Waals surface area contributed by atoms with Gasteiger partial charge in [-0.3, -0.25) is 9.59 Å². The Hall–Kier alpha value is -3.09. The first-order valence-corrected chi connectivity index (χ1v) is 9.43. The quantitative estimate of drug-likeness (QED) is 0.537. The van der Waals surface area contributed by atoms with Gasteiger partial charge in [-0.1, -0.05) is 17.7 Å². The van der Waals surface area contributed by atoms with Crippen LogP contribution in [-0.2, 0) is 20.7 Å². The topological polar surface area (TPSA) is 94.7 Å². The average Bonchev–Trinajstić information content (AvgIpc) is 2.95. The van der Waals surface area contributed by atoms with Crippen molar-refractivity contribution in [1.29, 1.82) is 0 Å². The van der Waals surface area contributed by atoms with Gasteiger partial charge in [-0.2, -0.15) is 0 Å². The third kappa shape index (κ3) is 5.04. The molecule has 1 atom stereocenters. The largest absolute Gasteiger partial charge is 0.496 e. The first kappa shape index (κ1) is 22.2. The van der Waals surface area contributed by atoms with E-state index in [-0.39, 0.29) is 18.7 Å². The third-order valence-electron chi connectivity index (χ3n) is 4.61. The van der Waals surface area contributed by atoms with Crippen LogP contribution in [0.3, 0.4) is 0 Å². The number of aryl methyl sites for hydroxylation is 2. The van der Waals surface area contributed by atoms with E-state index in [0.29, 0.717) is 28.1 Å². The summed E-state index contributed by atoms with van der Waals surface area (Å²) in [7, 11) is 1.53. The first-order chi connectivity index (χ1) is 13.7. The van der Waals surface area contributed by atoms with Gasteiger partial charge in [0.25, 0.3) is 0 Å². The Morgan fingerprint density at radius 3 is 2.45 bits per heavy atom. The van der Waals surface area contributed by atoms with E-state index in [1.54, 1.807) is 26.8 Å². The van der Waals surface area contributed by atoms with E-state index >= 15 is 0 Å². The summed E-state index contributed by atoms with van der Waals surface area (Å²) >= 11 is 0. The zero-order valence-corrected chi connectivity index (χ0v) is 17.7. The summed E-state index contributed by atoms with van der Waals surface area (Å²) in [5.41, 5.74) is 3.26. The van der Waals surface area contributed by atoms with Crippen molar-refractivity contribution in [3.8, 4) is 5.75 Å². The van der Waals surface area contributed by atoms with Gasteiger partial charge in [0.1, 0.15) is 5.75 Å².